The fourth-order valence-electron chi connectivity index (χ4n) is 3.16. The Morgan fingerprint density at radius 3 is 2.27 bits per heavy atom. The number of aliphatic hydroxyl groups is 1. The highest BCUT2D eigenvalue weighted by Crippen LogP contribution is 2.55. The first-order valence-electron chi connectivity index (χ1n) is 6.17. The lowest BCUT2D eigenvalue weighted by Gasteiger charge is -2.39. The molecule has 2 nitrogen and oxygen atoms in total. The summed E-state index contributed by atoms with van der Waals surface area (Å²) in [6, 6.07) is 0. The summed E-state index contributed by atoms with van der Waals surface area (Å²) in [4.78, 5) is 0. The summed E-state index contributed by atoms with van der Waals surface area (Å²) in [7, 11) is 0. The van der Waals surface area contributed by atoms with E-state index in [0.717, 1.165) is 25.7 Å². The standard InChI is InChI=1S/C13H24O2/c1-11(2)9-13(15-12(11,3)4)8-6-5-7-10(13)14/h10,14H,5-9H2,1-4H3. The van der Waals surface area contributed by atoms with Crippen LogP contribution < -0.4 is 0 Å². The number of hydrogen-bond acceptors (Lipinski definition) is 2. The van der Waals surface area contributed by atoms with Gasteiger partial charge in [-0.3, -0.25) is 0 Å². The highest BCUT2D eigenvalue weighted by Gasteiger charge is 2.58. The zero-order chi connectivity index (χ0) is 11.3. The molecule has 1 saturated carbocycles. The van der Waals surface area contributed by atoms with E-state index in [1.807, 2.05) is 0 Å². The van der Waals surface area contributed by atoms with Crippen molar-refractivity contribution in [3.8, 4) is 0 Å². The van der Waals surface area contributed by atoms with Crippen molar-refractivity contribution in [3.05, 3.63) is 0 Å². The monoisotopic (exact) mass is 212 g/mol. The topological polar surface area (TPSA) is 29.5 Å². The Morgan fingerprint density at radius 1 is 1.13 bits per heavy atom. The van der Waals surface area contributed by atoms with Gasteiger partial charge in [0.05, 0.1) is 17.3 Å². The lowest BCUT2D eigenvalue weighted by Crippen LogP contribution is -2.46. The van der Waals surface area contributed by atoms with Crippen LogP contribution in [-0.2, 0) is 4.74 Å². The second-order valence-electron chi connectivity index (χ2n) is 6.50. The summed E-state index contributed by atoms with van der Waals surface area (Å²) in [5.74, 6) is 0. The number of aliphatic hydroxyl groups excluding tert-OH is 1. The molecule has 2 heteroatoms. The van der Waals surface area contributed by atoms with Gasteiger partial charge in [-0.15, -0.1) is 0 Å². The predicted molar refractivity (Wildman–Crippen MR) is 60.8 cm³/mol. The Morgan fingerprint density at radius 2 is 1.80 bits per heavy atom. The molecule has 0 amide bonds. The Bertz CT molecular complexity index is 239. The fraction of sp³-hybridized carbons (Fsp3) is 1.00. The lowest BCUT2D eigenvalue weighted by molar-refractivity contribution is -0.166. The minimum atomic E-state index is -0.257. The zero-order valence-corrected chi connectivity index (χ0v) is 10.5. The van der Waals surface area contributed by atoms with Crippen molar-refractivity contribution in [3.63, 3.8) is 0 Å². The van der Waals surface area contributed by atoms with Crippen molar-refractivity contribution in [1.29, 1.82) is 0 Å². The number of rotatable bonds is 0. The van der Waals surface area contributed by atoms with Crippen LogP contribution in [0.2, 0.25) is 0 Å². The van der Waals surface area contributed by atoms with Gasteiger partial charge >= 0.3 is 0 Å². The quantitative estimate of drug-likeness (QED) is 0.669. The summed E-state index contributed by atoms with van der Waals surface area (Å²) in [6.45, 7) is 8.82. The van der Waals surface area contributed by atoms with E-state index < -0.39 is 0 Å². The highest BCUT2D eigenvalue weighted by atomic mass is 16.5. The molecule has 0 aromatic carbocycles. The Kier molecular flexibility index (Phi) is 2.44. The first-order valence-corrected chi connectivity index (χ1v) is 6.17. The smallest absolute Gasteiger partial charge is 0.0953 e. The Labute approximate surface area is 93.0 Å². The van der Waals surface area contributed by atoms with Gasteiger partial charge in [-0.2, -0.15) is 0 Å². The van der Waals surface area contributed by atoms with Gasteiger partial charge in [0.15, 0.2) is 0 Å². The Balaban J connectivity index is 2.26. The minimum Gasteiger partial charge on any atom is -0.390 e. The summed E-state index contributed by atoms with van der Waals surface area (Å²) in [5, 5.41) is 10.2. The Hall–Kier alpha value is -0.0800. The second kappa shape index (κ2) is 3.21. The molecule has 2 atom stereocenters. The van der Waals surface area contributed by atoms with Crippen LogP contribution in [0, 0.1) is 5.41 Å². The molecule has 2 fully saturated rings. The van der Waals surface area contributed by atoms with Gasteiger partial charge in [-0.25, -0.2) is 0 Å². The molecule has 1 aliphatic heterocycles. The molecule has 1 saturated heterocycles. The molecule has 0 aromatic heterocycles. The van der Waals surface area contributed by atoms with Crippen LogP contribution >= 0.6 is 0 Å². The van der Waals surface area contributed by atoms with Crippen molar-refractivity contribution in [2.45, 2.75) is 77.1 Å². The maximum absolute atomic E-state index is 10.2. The van der Waals surface area contributed by atoms with Crippen LogP contribution in [0.1, 0.15) is 59.8 Å². The van der Waals surface area contributed by atoms with Gasteiger partial charge < -0.3 is 9.84 Å². The van der Waals surface area contributed by atoms with E-state index in [-0.39, 0.29) is 22.7 Å². The van der Waals surface area contributed by atoms with E-state index in [4.69, 9.17) is 4.74 Å². The van der Waals surface area contributed by atoms with Gasteiger partial charge in [-0.1, -0.05) is 26.7 Å². The van der Waals surface area contributed by atoms with Gasteiger partial charge in [0, 0.05) is 0 Å². The summed E-state index contributed by atoms with van der Waals surface area (Å²) in [5.41, 5.74) is -0.206. The van der Waals surface area contributed by atoms with Crippen LogP contribution in [0.4, 0.5) is 0 Å². The summed E-state index contributed by atoms with van der Waals surface area (Å²) < 4.78 is 6.25. The third-order valence-corrected chi connectivity index (χ3v) is 4.76. The van der Waals surface area contributed by atoms with Crippen LogP contribution in [-0.4, -0.2) is 22.4 Å². The minimum absolute atomic E-state index is 0.120. The predicted octanol–water partition coefficient (Wildman–Crippen LogP) is 2.89. The molecule has 88 valence electrons. The van der Waals surface area contributed by atoms with E-state index in [1.54, 1.807) is 0 Å². The molecule has 1 N–H and O–H groups in total. The van der Waals surface area contributed by atoms with Crippen molar-refractivity contribution >= 4 is 0 Å². The third kappa shape index (κ3) is 1.62. The van der Waals surface area contributed by atoms with Crippen molar-refractivity contribution in [2.75, 3.05) is 0 Å². The zero-order valence-electron chi connectivity index (χ0n) is 10.5. The van der Waals surface area contributed by atoms with Crippen molar-refractivity contribution < 1.29 is 9.84 Å². The van der Waals surface area contributed by atoms with E-state index >= 15 is 0 Å². The normalized spacial score (nSPS) is 43.4. The molecule has 2 aliphatic rings. The van der Waals surface area contributed by atoms with Gasteiger partial charge in [0.25, 0.3) is 0 Å². The largest absolute Gasteiger partial charge is 0.390 e. The van der Waals surface area contributed by atoms with E-state index in [9.17, 15) is 5.11 Å². The molecule has 2 unspecified atom stereocenters. The SMILES string of the molecule is CC1(C)CC2(CCCCC2O)OC1(C)C. The number of hydrogen-bond donors (Lipinski definition) is 1. The fourth-order valence-corrected chi connectivity index (χ4v) is 3.16. The van der Waals surface area contributed by atoms with Gasteiger partial charge in [-0.05, 0) is 38.5 Å². The van der Waals surface area contributed by atoms with E-state index in [2.05, 4.69) is 27.7 Å². The first-order chi connectivity index (χ1) is 6.79. The van der Waals surface area contributed by atoms with Crippen LogP contribution in [0.25, 0.3) is 0 Å². The van der Waals surface area contributed by atoms with Crippen LogP contribution in [0.3, 0.4) is 0 Å². The van der Waals surface area contributed by atoms with Crippen LogP contribution in [0.15, 0.2) is 0 Å². The molecule has 1 spiro atoms. The molecular weight excluding hydrogens is 188 g/mol. The molecular formula is C13H24O2. The van der Waals surface area contributed by atoms with E-state index in [0.29, 0.717) is 0 Å². The maximum atomic E-state index is 10.2. The lowest BCUT2D eigenvalue weighted by atomic mass is 9.70. The molecule has 0 aromatic rings. The summed E-state index contributed by atoms with van der Waals surface area (Å²) >= 11 is 0. The molecule has 15 heavy (non-hydrogen) atoms. The second-order valence-corrected chi connectivity index (χ2v) is 6.50. The molecule has 2 rings (SSSR count). The highest BCUT2D eigenvalue weighted by molar-refractivity contribution is 5.07. The third-order valence-electron chi connectivity index (χ3n) is 4.76. The molecule has 1 heterocycles. The maximum Gasteiger partial charge on any atom is 0.0953 e. The summed E-state index contributed by atoms with van der Waals surface area (Å²) in [6.07, 6.45) is 5.02. The van der Waals surface area contributed by atoms with Crippen molar-refractivity contribution in [1.82, 2.24) is 0 Å². The van der Waals surface area contributed by atoms with E-state index in [1.165, 1.54) is 6.42 Å². The van der Waals surface area contributed by atoms with Crippen LogP contribution in [0.5, 0.6) is 0 Å². The number of ether oxygens (including phenoxy) is 1. The average molecular weight is 212 g/mol. The molecule has 0 bridgehead atoms. The van der Waals surface area contributed by atoms with Crippen molar-refractivity contribution in [2.24, 2.45) is 5.41 Å². The first kappa shape index (κ1) is 11.4. The average Bonchev–Trinajstić information content (AvgIpc) is 2.25. The molecule has 1 aliphatic carbocycles. The van der Waals surface area contributed by atoms with Gasteiger partial charge in [0.2, 0.25) is 0 Å². The molecule has 0 radical (unpaired) electrons. The van der Waals surface area contributed by atoms with Gasteiger partial charge in [0.1, 0.15) is 0 Å².